The molecule has 0 unspecified atom stereocenters. The van der Waals surface area contributed by atoms with Gasteiger partial charge in [-0.15, -0.1) is 0 Å². The van der Waals surface area contributed by atoms with Crippen LogP contribution in [0.1, 0.15) is 11.1 Å². The molecule has 2 heterocycles. The Balaban J connectivity index is 1.33. The van der Waals surface area contributed by atoms with Crippen LogP contribution in [-0.4, -0.2) is 40.4 Å². The first-order valence-electron chi connectivity index (χ1n) is 12.1. The zero-order chi connectivity index (χ0) is 26.6. The van der Waals surface area contributed by atoms with Crippen LogP contribution in [0, 0.1) is 13.8 Å². The van der Waals surface area contributed by atoms with Crippen molar-refractivity contribution in [2.24, 2.45) is 0 Å². The van der Waals surface area contributed by atoms with Crippen LogP contribution in [0.15, 0.2) is 97.1 Å². The summed E-state index contributed by atoms with van der Waals surface area (Å²) in [6.07, 6.45) is 0. The molecule has 0 aliphatic rings. The molecule has 0 N–H and O–H groups in total. The molecule has 4 aromatic carbocycles. The van der Waals surface area contributed by atoms with Gasteiger partial charge in [0.25, 0.3) is 0 Å². The number of benzene rings is 4. The average molecular weight is 519 g/mol. The third-order valence-electron chi connectivity index (χ3n) is 5.84. The van der Waals surface area contributed by atoms with Crippen LogP contribution >= 0.6 is 0 Å². The van der Waals surface area contributed by atoms with Crippen LogP contribution in [0.25, 0.3) is 11.4 Å². The molecule has 0 spiro atoms. The van der Waals surface area contributed by atoms with Gasteiger partial charge in [0.1, 0.15) is 0 Å². The second-order valence-electron chi connectivity index (χ2n) is 8.53. The molecule has 6 aromatic rings. The molecule has 0 aliphatic heterocycles. The van der Waals surface area contributed by atoms with Crippen molar-refractivity contribution in [2.75, 3.05) is 0 Å². The number of nitrogens with zero attached hydrogens (tertiary/aromatic N) is 8. The third kappa shape index (κ3) is 4.88. The fraction of sp³-hybridized carbons (Fsp3) is 0.0714. The van der Waals surface area contributed by atoms with E-state index >= 15 is 0 Å². The molecule has 0 aliphatic carbocycles. The number of tetrazole rings is 2. The van der Waals surface area contributed by atoms with Gasteiger partial charge in [-0.3, -0.25) is 0 Å². The number of para-hydroxylation sites is 4. The van der Waals surface area contributed by atoms with Crippen LogP contribution in [0.5, 0.6) is 35.0 Å². The number of aromatic nitrogens is 8. The Hall–Kier alpha value is -5.58. The first-order valence-corrected chi connectivity index (χ1v) is 12.1. The van der Waals surface area contributed by atoms with E-state index in [-0.39, 0.29) is 12.0 Å². The summed E-state index contributed by atoms with van der Waals surface area (Å²) < 4.78 is 21.8. The molecule has 0 saturated heterocycles. The van der Waals surface area contributed by atoms with E-state index in [1.165, 1.54) is 9.36 Å². The van der Waals surface area contributed by atoms with Gasteiger partial charge in [0.15, 0.2) is 23.0 Å². The van der Waals surface area contributed by atoms with Crippen molar-refractivity contribution in [1.29, 1.82) is 0 Å². The molecule has 0 saturated carbocycles. The minimum absolute atomic E-state index is 0.197. The lowest BCUT2D eigenvalue weighted by molar-refractivity contribution is 0.365. The van der Waals surface area contributed by atoms with Gasteiger partial charge in [0.05, 0.1) is 11.4 Å². The van der Waals surface area contributed by atoms with Crippen molar-refractivity contribution in [1.82, 2.24) is 40.4 Å². The van der Waals surface area contributed by atoms with Crippen LogP contribution in [-0.2, 0) is 0 Å². The third-order valence-corrected chi connectivity index (χ3v) is 5.84. The van der Waals surface area contributed by atoms with E-state index in [4.69, 9.17) is 14.2 Å². The average Bonchev–Trinajstić information content (AvgIpc) is 3.63. The summed E-state index contributed by atoms with van der Waals surface area (Å²) in [5.41, 5.74) is 3.19. The van der Waals surface area contributed by atoms with Crippen molar-refractivity contribution >= 4 is 0 Å². The SMILES string of the molecule is Cc1cccc(Oc2cccc(C)c2Oc2nnnn2-c2ccccc2)c1Oc1nnnn1-c1ccccc1. The number of ether oxygens (including phenoxy) is 3. The van der Waals surface area contributed by atoms with Gasteiger partial charge in [-0.2, -0.15) is 9.36 Å². The van der Waals surface area contributed by atoms with Gasteiger partial charge in [-0.1, -0.05) is 70.9 Å². The topological polar surface area (TPSA) is 115 Å². The Labute approximate surface area is 223 Å². The highest BCUT2D eigenvalue weighted by Gasteiger charge is 2.20. The summed E-state index contributed by atoms with van der Waals surface area (Å²) in [6, 6.07) is 30.6. The predicted molar refractivity (Wildman–Crippen MR) is 141 cm³/mol. The fourth-order valence-electron chi connectivity index (χ4n) is 3.92. The summed E-state index contributed by atoms with van der Waals surface area (Å²) in [7, 11) is 0. The molecule has 6 rings (SSSR count). The maximum atomic E-state index is 6.39. The normalized spacial score (nSPS) is 10.8. The monoisotopic (exact) mass is 518 g/mol. The highest BCUT2D eigenvalue weighted by Crippen LogP contribution is 2.42. The Morgan fingerprint density at radius 1 is 0.487 bits per heavy atom. The van der Waals surface area contributed by atoms with Crippen molar-refractivity contribution in [3.05, 3.63) is 108 Å². The molecular weight excluding hydrogens is 496 g/mol. The number of aryl methyl sites for hydroxylation is 2. The molecule has 0 atom stereocenters. The van der Waals surface area contributed by atoms with E-state index in [2.05, 4.69) is 31.1 Å². The molecule has 0 bridgehead atoms. The van der Waals surface area contributed by atoms with Crippen molar-refractivity contribution in [3.63, 3.8) is 0 Å². The van der Waals surface area contributed by atoms with Crippen LogP contribution < -0.4 is 14.2 Å². The Morgan fingerprint density at radius 2 is 0.923 bits per heavy atom. The smallest absolute Gasteiger partial charge is 0.346 e. The van der Waals surface area contributed by atoms with Crippen LogP contribution in [0.4, 0.5) is 0 Å². The first kappa shape index (κ1) is 23.8. The lowest BCUT2D eigenvalue weighted by Gasteiger charge is -2.17. The molecule has 2 aromatic heterocycles. The van der Waals surface area contributed by atoms with Crippen molar-refractivity contribution in [3.8, 4) is 46.4 Å². The minimum atomic E-state index is 0.197. The van der Waals surface area contributed by atoms with Gasteiger partial charge in [-0.05, 0) is 82.2 Å². The maximum Gasteiger partial charge on any atom is 0.346 e. The van der Waals surface area contributed by atoms with E-state index in [9.17, 15) is 0 Å². The number of rotatable bonds is 8. The number of hydrogen-bond donors (Lipinski definition) is 0. The molecule has 0 amide bonds. The van der Waals surface area contributed by atoms with Gasteiger partial charge >= 0.3 is 12.0 Å². The lowest BCUT2D eigenvalue weighted by Crippen LogP contribution is -2.03. The minimum Gasteiger partial charge on any atom is -0.449 e. The molecular formula is C28H22N8O3. The van der Waals surface area contributed by atoms with E-state index in [0.717, 1.165) is 22.5 Å². The Kier molecular flexibility index (Phi) is 6.36. The number of hydrogen-bond acceptors (Lipinski definition) is 9. The molecule has 0 fully saturated rings. The molecule has 11 heteroatoms. The second kappa shape index (κ2) is 10.4. The van der Waals surface area contributed by atoms with E-state index < -0.39 is 0 Å². The van der Waals surface area contributed by atoms with E-state index in [1.807, 2.05) is 98.8 Å². The van der Waals surface area contributed by atoms with Gasteiger partial charge < -0.3 is 14.2 Å². The lowest BCUT2D eigenvalue weighted by atomic mass is 10.2. The van der Waals surface area contributed by atoms with Gasteiger partial charge in [0.2, 0.25) is 0 Å². The predicted octanol–water partition coefficient (Wildman–Crippen LogP) is 5.63. The largest absolute Gasteiger partial charge is 0.449 e. The molecule has 192 valence electrons. The van der Waals surface area contributed by atoms with Crippen LogP contribution in [0.3, 0.4) is 0 Å². The zero-order valence-electron chi connectivity index (χ0n) is 21.0. The highest BCUT2D eigenvalue weighted by molar-refractivity contribution is 5.54. The first-order chi connectivity index (χ1) is 19.2. The van der Waals surface area contributed by atoms with Gasteiger partial charge in [-0.25, -0.2) is 0 Å². The summed E-state index contributed by atoms with van der Waals surface area (Å²) in [6.45, 7) is 3.83. The quantitative estimate of drug-likeness (QED) is 0.253. The second-order valence-corrected chi connectivity index (χ2v) is 8.53. The van der Waals surface area contributed by atoms with E-state index in [1.54, 1.807) is 12.1 Å². The Morgan fingerprint density at radius 3 is 1.36 bits per heavy atom. The molecule has 0 radical (unpaired) electrons. The summed E-state index contributed by atoms with van der Waals surface area (Å²) in [5.74, 6) is 1.84. The summed E-state index contributed by atoms with van der Waals surface area (Å²) >= 11 is 0. The summed E-state index contributed by atoms with van der Waals surface area (Å²) in [4.78, 5) is 0. The molecule has 39 heavy (non-hydrogen) atoms. The highest BCUT2D eigenvalue weighted by atomic mass is 16.6. The van der Waals surface area contributed by atoms with Gasteiger partial charge in [0, 0.05) is 0 Å². The van der Waals surface area contributed by atoms with Crippen LogP contribution in [0.2, 0.25) is 0 Å². The standard InChI is InChI=1S/C28H22N8O3/c1-19-11-9-17-23(25(19)38-27-29-31-33-35(27)21-13-5-3-6-14-21)37-24-18-10-12-20(2)26(24)39-28-30-32-34-36(28)22-15-7-4-8-16-22/h3-18H,1-2H3. The molecule has 11 nitrogen and oxygen atoms in total. The van der Waals surface area contributed by atoms with Crippen molar-refractivity contribution in [2.45, 2.75) is 13.8 Å². The maximum absolute atomic E-state index is 6.39. The van der Waals surface area contributed by atoms with E-state index in [0.29, 0.717) is 23.0 Å². The van der Waals surface area contributed by atoms with Crippen molar-refractivity contribution < 1.29 is 14.2 Å². The zero-order valence-corrected chi connectivity index (χ0v) is 21.0. The Bertz CT molecular complexity index is 1590. The fourth-order valence-corrected chi connectivity index (χ4v) is 3.92. The summed E-state index contributed by atoms with van der Waals surface area (Å²) in [5, 5.41) is 23.9.